The SMILES string of the molecule is Cn1ncc(Cl)c1-c1cc(Nc2ccc(Cl)cc2)ccc1OCCN1CCOCC1. The standard InChI is InChI=1S/C22H24Cl2N4O2/c1-27-22(20(24)15-25-27)19-14-18(26-17-4-2-16(23)3-5-17)6-7-21(19)30-13-10-28-8-11-29-12-9-28/h2-7,14-15,26H,8-13H2,1H3. The zero-order valence-corrected chi connectivity index (χ0v) is 18.3. The van der Waals surface area contributed by atoms with Gasteiger partial charge in [-0.05, 0) is 42.5 Å². The maximum Gasteiger partial charge on any atom is 0.128 e. The predicted octanol–water partition coefficient (Wildman–Crippen LogP) is 4.85. The van der Waals surface area contributed by atoms with Gasteiger partial charge in [0.2, 0.25) is 0 Å². The molecule has 8 heteroatoms. The van der Waals surface area contributed by atoms with Crippen molar-refractivity contribution in [2.75, 3.05) is 44.8 Å². The molecule has 3 aromatic rings. The Morgan fingerprint density at radius 2 is 1.80 bits per heavy atom. The Hall–Kier alpha value is -2.25. The molecule has 2 heterocycles. The Morgan fingerprint density at radius 3 is 2.50 bits per heavy atom. The van der Waals surface area contributed by atoms with E-state index in [-0.39, 0.29) is 0 Å². The van der Waals surface area contributed by atoms with Gasteiger partial charge < -0.3 is 14.8 Å². The second kappa shape index (κ2) is 9.71. The number of rotatable bonds is 7. The van der Waals surface area contributed by atoms with Crippen molar-refractivity contribution in [3.05, 3.63) is 58.7 Å². The molecular formula is C22H24Cl2N4O2. The molecule has 1 N–H and O–H groups in total. The number of ether oxygens (including phenoxy) is 2. The zero-order chi connectivity index (χ0) is 20.9. The van der Waals surface area contributed by atoms with Crippen LogP contribution in [0.1, 0.15) is 0 Å². The summed E-state index contributed by atoms with van der Waals surface area (Å²) in [5, 5.41) is 8.96. The molecule has 0 spiro atoms. The maximum atomic E-state index is 6.44. The average Bonchev–Trinajstić information content (AvgIpc) is 3.09. The largest absolute Gasteiger partial charge is 0.492 e. The van der Waals surface area contributed by atoms with E-state index in [1.165, 1.54) is 0 Å². The third-order valence-corrected chi connectivity index (χ3v) is 5.56. The van der Waals surface area contributed by atoms with Crippen LogP contribution in [0.5, 0.6) is 5.75 Å². The first-order chi connectivity index (χ1) is 14.6. The highest BCUT2D eigenvalue weighted by Crippen LogP contribution is 2.37. The molecule has 30 heavy (non-hydrogen) atoms. The summed E-state index contributed by atoms with van der Waals surface area (Å²) >= 11 is 12.4. The van der Waals surface area contributed by atoms with Crippen LogP contribution in [0.3, 0.4) is 0 Å². The van der Waals surface area contributed by atoms with Crippen LogP contribution in [0.25, 0.3) is 11.3 Å². The van der Waals surface area contributed by atoms with E-state index < -0.39 is 0 Å². The Balaban J connectivity index is 1.56. The normalized spacial score (nSPS) is 14.6. The van der Waals surface area contributed by atoms with E-state index in [9.17, 15) is 0 Å². The van der Waals surface area contributed by atoms with Crippen LogP contribution in [0, 0.1) is 0 Å². The first-order valence-corrected chi connectivity index (χ1v) is 10.6. The molecule has 4 rings (SSSR count). The second-order valence-corrected chi connectivity index (χ2v) is 7.95. The lowest BCUT2D eigenvalue weighted by molar-refractivity contribution is 0.0323. The third kappa shape index (κ3) is 5.08. The third-order valence-electron chi connectivity index (χ3n) is 5.03. The van der Waals surface area contributed by atoms with Gasteiger partial charge in [0.1, 0.15) is 12.4 Å². The molecule has 0 aliphatic carbocycles. The first kappa shape index (κ1) is 21.0. The van der Waals surface area contributed by atoms with Crippen LogP contribution in [0.4, 0.5) is 11.4 Å². The summed E-state index contributed by atoms with van der Waals surface area (Å²) in [6, 6.07) is 13.6. The number of nitrogens with one attached hydrogen (secondary N) is 1. The molecule has 1 aliphatic rings. The van der Waals surface area contributed by atoms with Crippen molar-refractivity contribution in [1.82, 2.24) is 14.7 Å². The summed E-state index contributed by atoms with van der Waals surface area (Å²) in [4.78, 5) is 2.34. The summed E-state index contributed by atoms with van der Waals surface area (Å²) in [7, 11) is 1.87. The number of aromatic nitrogens is 2. The van der Waals surface area contributed by atoms with Crippen molar-refractivity contribution < 1.29 is 9.47 Å². The van der Waals surface area contributed by atoms with Crippen LogP contribution in [0.2, 0.25) is 10.0 Å². The minimum absolute atomic E-state index is 0.583. The van der Waals surface area contributed by atoms with Gasteiger partial charge in [-0.2, -0.15) is 5.10 Å². The summed E-state index contributed by atoms with van der Waals surface area (Å²) < 4.78 is 13.3. The number of halogens is 2. The van der Waals surface area contributed by atoms with Crippen molar-refractivity contribution in [3.63, 3.8) is 0 Å². The fraction of sp³-hybridized carbons (Fsp3) is 0.318. The van der Waals surface area contributed by atoms with E-state index in [0.29, 0.717) is 16.7 Å². The Labute approximate surface area is 186 Å². The Morgan fingerprint density at radius 1 is 1.07 bits per heavy atom. The first-order valence-electron chi connectivity index (χ1n) is 9.87. The van der Waals surface area contributed by atoms with Gasteiger partial charge in [0.05, 0.1) is 30.1 Å². The number of hydrogen-bond acceptors (Lipinski definition) is 5. The highest BCUT2D eigenvalue weighted by molar-refractivity contribution is 6.33. The van der Waals surface area contributed by atoms with E-state index >= 15 is 0 Å². The quantitative estimate of drug-likeness (QED) is 0.561. The highest BCUT2D eigenvalue weighted by atomic mass is 35.5. The lowest BCUT2D eigenvalue weighted by atomic mass is 10.1. The molecule has 0 unspecified atom stereocenters. The lowest BCUT2D eigenvalue weighted by Gasteiger charge is -2.26. The van der Waals surface area contributed by atoms with Gasteiger partial charge in [0.25, 0.3) is 0 Å². The fourth-order valence-corrected chi connectivity index (χ4v) is 3.84. The summed E-state index contributed by atoms with van der Waals surface area (Å²) in [5.41, 5.74) is 3.58. The zero-order valence-electron chi connectivity index (χ0n) is 16.8. The van der Waals surface area contributed by atoms with Crippen molar-refractivity contribution in [2.45, 2.75) is 0 Å². The van der Waals surface area contributed by atoms with E-state index in [1.54, 1.807) is 10.9 Å². The minimum atomic E-state index is 0.583. The molecule has 2 aromatic carbocycles. The number of hydrogen-bond donors (Lipinski definition) is 1. The van der Waals surface area contributed by atoms with Crippen LogP contribution in [-0.2, 0) is 11.8 Å². The smallest absolute Gasteiger partial charge is 0.128 e. The molecule has 0 atom stereocenters. The maximum absolute atomic E-state index is 6.44. The summed E-state index contributed by atoms with van der Waals surface area (Å²) in [6.45, 7) is 4.88. The van der Waals surface area contributed by atoms with E-state index in [2.05, 4.69) is 15.3 Å². The van der Waals surface area contributed by atoms with Crippen molar-refractivity contribution in [1.29, 1.82) is 0 Å². The van der Waals surface area contributed by atoms with E-state index in [0.717, 1.165) is 61.2 Å². The molecule has 0 saturated carbocycles. The van der Waals surface area contributed by atoms with Gasteiger partial charge in [0.15, 0.2) is 0 Å². The highest BCUT2D eigenvalue weighted by Gasteiger charge is 2.17. The molecule has 158 valence electrons. The fourth-order valence-electron chi connectivity index (χ4n) is 3.44. The number of aryl methyl sites for hydroxylation is 1. The predicted molar refractivity (Wildman–Crippen MR) is 121 cm³/mol. The van der Waals surface area contributed by atoms with E-state index in [4.69, 9.17) is 32.7 Å². The summed E-state index contributed by atoms with van der Waals surface area (Å²) in [5.74, 6) is 0.774. The van der Waals surface area contributed by atoms with Gasteiger partial charge in [-0.1, -0.05) is 23.2 Å². The monoisotopic (exact) mass is 446 g/mol. The van der Waals surface area contributed by atoms with Gasteiger partial charge in [0, 0.05) is 48.6 Å². The Bertz CT molecular complexity index is 966. The van der Waals surface area contributed by atoms with Crippen molar-refractivity contribution in [3.8, 4) is 17.0 Å². The molecule has 1 saturated heterocycles. The van der Waals surface area contributed by atoms with Crippen LogP contribution in [0.15, 0.2) is 48.7 Å². The Kier molecular flexibility index (Phi) is 6.79. The molecule has 0 bridgehead atoms. The molecule has 6 nitrogen and oxygen atoms in total. The van der Waals surface area contributed by atoms with E-state index in [1.807, 2.05) is 49.5 Å². The molecule has 0 radical (unpaired) electrons. The van der Waals surface area contributed by atoms with Crippen LogP contribution >= 0.6 is 23.2 Å². The number of anilines is 2. The van der Waals surface area contributed by atoms with Gasteiger partial charge in [-0.25, -0.2) is 0 Å². The van der Waals surface area contributed by atoms with Crippen LogP contribution < -0.4 is 10.1 Å². The molecule has 1 aliphatic heterocycles. The summed E-state index contributed by atoms with van der Waals surface area (Å²) in [6.07, 6.45) is 1.65. The second-order valence-electron chi connectivity index (χ2n) is 7.11. The topological polar surface area (TPSA) is 51.5 Å². The average molecular weight is 447 g/mol. The molecular weight excluding hydrogens is 423 g/mol. The molecule has 1 fully saturated rings. The number of nitrogens with zero attached hydrogens (tertiary/aromatic N) is 3. The van der Waals surface area contributed by atoms with Gasteiger partial charge in [-0.15, -0.1) is 0 Å². The van der Waals surface area contributed by atoms with Crippen molar-refractivity contribution in [2.24, 2.45) is 7.05 Å². The lowest BCUT2D eigenvalue weighted by Crippen LogP contribution is -2.38. The minimum Gasteiger partial charge on any atom is -0.492 e. The molecule has 1 aromatic heterocycles. The van der Waals surface area contributed by atoms with Crippen molar-refractivity contribution >= 4 is 34.6 Å². The van der Waals surface area contributed by atoms with Gasteiger partial charge >= 0.3 is 0 Å². The molecule has 0 amide bonds. The number of benzene rings is 2. The number of morpholine rings is 1. The van der Waals surface area contributed by atoms with Crippen LogP contribution in [-0.4, -0.2) is 54.1 Å². The van der Waals surface area contributed by atoms with Gasteiger partial charge in [-0.3, -0.25) is 9.58 Å².